The van der Waals surface area contributed by atoms with Crippen LogP contribution in [0, 0.1) is 5.92 Å². The van der Waals surface area contributed by atoms with Gasteiger partial charge in [-0.1, -0.05) is 24.3 Å². The molecule has 2 aromatic rings. The summed E-state index contributed by atoms with van der Waals surface area (Å²) in [7, 11) is 0. The molecule has 3 aliphatic rings. The van der Waals surface area contributed by atoms with E-state index in [4.69, 9.17) is 5.11 Å². The van der Waals surface area contributed by atoms with Gasteiger partial charge in [0.15, 0.2) is 0 Å². The highest BCUT2D eigenvalue weighted by Gasteiger charge is 2.37. The Morgan fingerprint density at radius 3 is 2.41 bits per heavy atom. The molecule has 41 heavy (non-hydrogen) atoms. The number of phenolic OH excluding ortho intramolecular Hbond substituents is 1. The lowest BCUT2D eigenvalue weighted by Gasteiger charge is -2.48. The van der Waals surface area contributed by atoms with Gasteiger partial charge >= 0.3 is 5.97 Å². The van der Waals surface area contributed by atoms with Gasteiger partial charge in [-0.2, -0.15) is 0 Å². The first-order valence-electron chi connectivity index (χ1n) is 15.4. The lowest BCUT2D eigenvalue weighted by molar-refractivity contribution is -0.137. The van der Waals surface area contributed by atoms with Crippen molar-refractivity contribution in [3.8, 4) is 5.75 Å². The smallest absolute Gasteiger partial charge is 0.303 e. The summed E-state index contributed by atoms with van der Waals surface area (Å²) in [5.74, 6) is 0.399. The van der Waals surface area contributed by atoms with E-state index in [9.17, 15) is 14.7 Å². The first-order chi connectivity index (χ1) is 19.8. The summed E-state index contributed by atoms with van der Waals surface area (Å²) in [6.45, 7) is 11.5. The van der Waals surface area contributed by atoms with Crippen molar-refractivity contribution in [2.75, 3.05) is 52.4 Å². The second-order valence-corrected chi connectivity index (χ2v) is 12.4. The molecule has 8 nitrogen and oxygen atoms in total. The van der Waals surface area contributed by atoms with Gasteiger partial charge in [-0.15, -0.1) is 0 Å². The number of aliphatic carboxylic acids is 1. The van der Waals surface area contributed by atoms with E-state index >= 15 is 0 Å². The van der Waals surface area contributed by atoms with Gasteiger partial charge in [0.05, 0.1) is 6.04 Å². The summed E-state index contributed by atoms with van der Waals surface area (Å²) in [6, 6.07) is 16.3. The van der Waals surface area contributed by atoms with Crippen LogP contribution < -0.4 is 0 Å². The molecule has 1 saturated carbocycles. The summed E-state index contributed by atoms with van der Waals surface area (Å²) >= 11 is 0. The molecule has 2 N–H and O–H groups in total. The van der Waals surface area contributed by atoms with E-state index in [0.717, 1.165) is 56.2 Å². The molecule has 2 saturated heterocycles. The van der Waals surface area contributed by atoms with Gasteiger partial charge in [0.2, 0.25) is 0 Å². The molecule has 3 fully saturated rings. The summed E-state index contributed by atoms with van der Waals surface area (Å²) in [4.78, 5) is 34.0. The first kappa shape index (κ1) is 29.5. The summed E-state index contributed by atoms with van der Waals surface area (Å²) in [5, 5.41) is 19.3. The summed E-state index contributed by atoms with van der Waals surface area (Å²) in [6.07, 6.45) is 4.40. The molecule has 5 rings (SSSR count). The maximum atomic E-state index is 13.7. The fourth-order valence-corrected chi connectivity index (χ4v) is 6.62. The van der Waals surface area contributed by atoms with Crippen molar-refractivity contribution in [3.05, 3.63) is 65.2 Å². The molecular weight excluding hydrogens is 516 g/mol. The largest absolute Gasteiger partial charge is 0.508 e. The molecule has 8 heteroatoms. The van der Waals surface area contributed by atoms with Crippen LogP contribution in [-0.2, 0) is 4.79 Å². The number of hydrogen-bond acceptors (Lipinski definition) is 6. The number of benzene rings is 2. The van der Waals surface area contributed by atoms with E-state index < -0.39 is 5.97 Å². The zero-order chi connectivity index (χ0) is 28.9. The van der Waals surface area contributed by atoms with Crippen LogP contribution in [0.15, 0.2) is 48.5 Å². The Hall–Kier alpha value is -2.94. The van der Waals surface area contributed by atoms with Crippen LogP contribution in [-0.4, -0.2) is 106 Å². The number of carboxylic acids is 1. The molecule has 2 heterocycles. The molecule has 0 spiro atoms. The number of aromatic hydroxyl groups is 1. The Balaban J connectivity index is 1.34. The van der Waals surface area contributed by atoms with E-state index in [-0.39, 0.29) is 24.1 Å². The highest BCUT2D eigenvalue weighted by Crippen LogP contribution is 2.37. The molecular formula is C33H46N4O4. The molecule has 2 aliphatic heterocycles. The van der Waals surface area contributed by atoms with Gasteiger partial charge in [0, 0.05) is 63.3 Å². The van der Waals surface area contributed by atoms with E-state index in [1.54, 1.807) is 6.07 Å². The average Bonchev–Trinajstić information content (AvgIpc) is 3.79. The van der Waals surface area contributed by atoms with Crippen LogP contribution in [0.1, 0.15) is 73.5 Å². The van der Waals surface area contributed by atoms with Crippen molar-refractivity contribution in [2.45, 2.75) is 64.1 Å². The van der Waals surface area contributed by atoms with Gasteiger partial charge in [-0.3, -0.25) is 19.4 Å². The number of piperazine rings is 1. The molecule has 222 valence electrons. The lowest BCUT2D eigenvalue weighted by atomic mass is 9.92. The number of carboxylic acid groups (broad SMARTS) is 1. The van der Waals surface area contributed by atoms with Crippen LogP contribution in [0.2, 0.25) is 0 Å². The van der Waals surface area contributed by atoms with E-state index in [1.165, 1.54) is 19.4 Å². The van der Waals surface area contributed by atoms with Gasteiger partial charge in [0.25, 0.3) is 5.91 Å². The third kappa shape index (κ3) is 7.67. The van der Waals surface area contributed by atoms with Gasteiger partial charge in [-0.25, -0.2) is 0 Å². The minimum Gasteiger partial charge on any atom is -0.508 e. The fourth-order valence-electron chi connectivity index (χ4n) is 6.62. The van der Waals surface area contributed by atoms with Crippen molar-refractivity contribution in [1.29, 1.82) is 0 Å². The van der Waals surface area contributed by atoms with Gasteiger partial charge in [-0.05, 0) is 93.9 Å². The van der Waals surface area contributed by atoms with E-state index in [0.29, 0.717) is 37.2 Å². The minimum atomic E-state index is -0.760. The van der Waals surface area contributed by atoms with Crippen molar-refractivity contribution in [3.63, 3.8) is 0 Å². The molecule has 1 unspecified atom stereocenters. The number of amides is 1. The number of hydrogen-bond donors (Lipinski definition) is 2. The SMILES string of the molecule is C[C@@H]1CN(C(c2cccc(O)c2)c2cccc(C(=O)N3CCCN(CCCC(=O)O)CC3)c2)[C@@H](C)CN1CC1CC1. The van der Waals surface area contributed by atoms with Crippen molar-refractivity contribution < 1.29 is 19.8 Å². The Kier molecular flexibility index (Phi) is 9.63. The van der Waals surface area contributed by atoms with Crippen LogP contribution >= 0.6 is 0 Å². The van der Waals surface area contributed by atoms with E-state index in [1.807, 2.05) is 29.2 Å². The van der Waals surface area contributed by atoms with Crippen LogP contribution in [0.25, 0.3) is 0 Å². The summed E-state index contributed by atoms with van der Waals surface area (Å²) in [5.41, 5.74) is 2.80. The zero-order valence-electron chi connectivity index (χ0n) is 24.6. The third-order valence-electron chi connectivity index (χ3n) is 9.06. The standard InChI is InChI=1S/C33H46N4O4/c1-24-22-37(25(2)21-36(24)23-26-12-13-26)32(28-8-4-10-30(38)20-28)27-7-3-9-29(19-27)33(41)35-16-6-15-34(17-18-35)14-5-11-31(39)40/h3-4,7-10,19-20,24-26,32,38H,5-6,11-18,21-23H2,1-2H3,(H,39,40)/t24-,25+,32?/m1/s1. The Bertz CT molecular complexity index is 1200. The topological polar surface area (TPSA) is 87.6 Å². The van der Waals surface area contributed by atoms with Crippen molar-refractivity contribution in [2.24, 2.45) is 5.92 Å². The molecule has 1 amide bonds. The molecule has 0 aromatic heterocycles. The maximum Gasteiger partial charge on any atom is 0.303 e. The molecule has 0 bridgehead atoms. The Morgan fingerprint density at radius 1 is 0.927 bits per heavy atom. The van der Waals surface area contributed by atoms with Crippen LogP contribution in [0.5, 0.6) is 5.75 Å². The predicted octanol–water partition coefficient (Wildman–Crippen LogP) is 4.30. The third-order valence-corrected chi connectivity index (χ3v) is 9.06. The normalized spacial score (nSPS) is 23.7. The highest BCUT2D eigenvalue weighted by atomic mass is 16.4. The Labute approximate surface area is 244 Å². The minimum absolute atomic E-state index is 0.0459. The fraction of sp³-hybridized carbons (Fsp3) is 0.576. The first-order valence-corrected chi connectivity index (χ1v) is 15.4. The molecule has 3 atom stereocenters. The summed E-state index contributed by atoms with van der Waals surface area (Å²) < 4.78 is 0. The van der Waals surface area contributed by atoms with Crippen LogP contribution in [0.4, 0.5) is 0 Å². The zero-order valence-corrected chi connectivity index (χ0v) is 24.6. The van der Waals surface area contributed by atoms with Gasteiger partial charge in [0.1, 0.15) is 5.75 Å². The van der Waals surface area contributed by atoms with Gasteiger partial charge < -0.3 is 20.0 Å². The average molecular weight is 563 g/mol. The second-order valence-electron chi connectivity index (χ2n) is 12.4. The van der Waals surface area contributed by atoms with E-state index in [2.05, 4.69) is 46.7 Å². The highest BCUT2D eigenvalue weighted by molar-refractivity contribution is 5.94. The molecule has 1 aliphatic carbocycles. The lowest BCUT2D eigenvalue weighted by Crippen LogP contribution is -2.57. The number of carbonyl (C=O) groups is 2. The number of rotatable bonds is 10. The van der Waals surface area contributed by atoms with Crippen molar-refractivity contribution in [1.82, 2.24) is 19.6 Å². The molecule has 0 radical (unpaired) electrons. The van der Waals surface area contributed by atoms with Crippen LogP contribution in [0.3, 0.4) is 0 Å². The maximum absolute atomic E-state index is 13.7. The molecule has 2 aromatic carbocycles. The number of nitrogens with zero attached hydrogens (tertiary/aromatic N) is 4. The van der Waals surface area contributed by atoms with Crippen molar-refractivity contribution >= 4 is 11.9 Å². The second kappa shape index (κ2) is 13.4. The predicted molar refractivity (Wildman–Crippen MR) is 160 cm³/mol. The number of carbonyl (C=O) groups excluding carboxylic acids is 1. The number of phenols is 1. The monoisotopic (exact) mass is 562 g/mol. The quantitative estimate of drug-likeness (QED) is 0.447. The Morgan fingerprint density at radius 2 is 1.68 bits per heavy atom.